The fourth-order valence-corrected chi connectivity index (χ4v) is 2.47. The number of amides is 2. The van der Waals surface area contributed by atoms with Gasteiger partial charge in [0.1, 0.15) is 0 Å². The van der Waals surface area contributed by atoms with Gasteiger partial charge in [-0.15, -0.1) is 0 Å². The lowest BCUT2D eigenvalue weighted by molar-refractivity contribution is -0.133. The molecule has 2 aromatic rings. The number of carbonyl (C=O) groups is 2. The van der Waals surface area contributed by atoms with Crippen LogP contribution in [0.1, 0.15) is 31.4 Å². The van der Waals surface area contributed by atoms with E-state index in [4.69, 9.17) is 5.73 Å². The smallest absolute Gasteiger partial charge is 0.224 e. The molecular weight excluding hydrogens is 290 g/mol. The van der Waals surface area contributed by atoms with Crippen molar-refractivity contribution in [3.63, 3.8) is 0 Å². The fourth-order valence-electron chi connectivity index (χ4n) is 2.47. The van der Waals surface area contributed by atoms with Crippen molar-refractivity contribution in [2.75, 3.05) is 6.54 Å². The zero-order valence-electron chi connectivity index (χ0n) is 13.4. The van der Waals surface area contributed by atoms with Crippen LogP contribution in [0.4, 0.5) is 0 Å². The van der Waals surface area contributed by atoms with Gasteiger partial charge in [-0.25, -0.2) is 0 Å². The van der Waals surface area contributed by atoms with E-state index in [0.717, 1.165) is 5.56 Å². The molecule has 0 aliphatic carbocycles. The molecule has 0 aliphatic heterocycles. The predicted molar refractivity (Wildman–Crippen MR) is 89.4 cm³/mol. The van der Waals surface area contributed by atoms with E-state index in [1.54, 1.807) is 4.90 Å². The maximum Gasteiger partial charge on any atom is 0.224 e. The van der Waals surface area contributed by atoms with Gasteiger partial charge in [0.05, 0.1) is 0 Å². The number of rotatable bonds is 8. The molecule has 0 fully saturated rings. The highest BCUT2D eigenvalue weighted by Gasteiger charge is 2.18. The predicted octanol–water partition coefficient (Wildman–Crippen LogP) is 2.34. The van der Waals surface area contributed by atoms with Crippen molar-refractivity contribution < 1.29 is 9.59 Å². The van der Waals surface area contributed by atoms with Crippen LogP contribution < -0.4 is 5.73 Å². The van der Waals surface area contributed by atoms with Gasteiger partial charge in [-0.2, -0.15) is 0 Å². The number of benzene rings is 1. The van der Waals surface area contributed by atoms with Crippen molar-refractivity contribution in [1.82, 2.24) is 9.47 Å². The van der Waals surface area contributed by atoms with Gasteiger partial charge in [0.15, 0.2) is 0 Å². The highest BCUT2D eigenvalue weighted by molar-refractivity contribution is 5.78. The Bertz CT molecular complexity index is 623. The molecule has 0 bridgehead atoms. The molecule has 0 aliphatic rings. The van der Waals surface area contributed by atoms with Crippen LogP contribution in [0.2, 0.25) is 0 Å². The third-order valence-corrected chi connectivity index (χ3v) is 3.80. The van der Waals surface area contributed by atoms with Gasteiger partial charge in [0, 0.05) is 44.4 Å². The topological polar surface area (TPSA) is 68.3 Å². The van der Waals surface area contributed by atoms with Crippen molar-refractivity contribution in [3.8, 4) is 0 Å². The summed E-state index contributed by atoms with van der Waals surface area (Å²) in [6.45, 7) is 2.85. The summed E-state index contributed by atoms with van der Waals surface area (Å²) in [7, 11) is 0. The van der Waals surface area contributed by atoms with Gasteiger partial charge >= 0.3 is 0 Å². The van der Waals surface area contributed by atoms with E-state index in [-0.39, 0.29) is 18.4 Å². The number of aromatic nitrogens is 1. The minimum absolute atomic E-state index is 0.0244. The zero-order valence-corrected chi connectivity index (χ0v) is 13.4. The SMILES string of the molecule is CC(CC(=O)N(CCC(N)=O)Cc1ccccc1)n1cccc1. The summed E-state index contributed by atoms with van der Waals surface area (Å²) >= 11 is 0. The van der Waals surface area contributed by atoms with E-state index in [2.05, 4.69) is 0 Å². The summed E-state index contributed by atoms with van der Waals surface area (Å²) in [4.78, 5) is 25.4. The quantitative estimate of drug-likeness (QED) is 0.813. The summed E-state index contributed by atoms with van der Waals surface area (Å²) in [6, 6.07) is 13.7. The Kier molecular flexibility index (Phi) is 5.97. The summed E-state index contributed by atoms with van der Waals surface area (Å²) < 4.78 is 2.01. The van der Waals surface area contributed by atoms with E-state index >= 15 is 0 Å². The van der Waals surface area contributed by atoms with Gasteiger partial charge in [-0.05, 0) is 24.6 Å². The minimum atomic E-state index is -0.394. The zero-order chi connectivity index (χ0) is 16.7. The molecule has 2 rings (SSSR count). The molecule has 23 heavy (non-hydrogen) atoms. The standard InChI is InChI=1S/C18H23N3O2/c1-15(20-10-5-6-11-20)13-18(23)21(12-9-17(19)22)14-16-7-3-2-4-8-16/h2-8,10-11,15H,9,12-14H2,1H3,(H2,19,22). The maximum absolute atomic E-state index is 12.6. The third-order valence-electron chi connectivity index (χ3n) is 3.80. The second-order valence-corrected chi connectivity index (χ2v) is 5.70. The molecule has 0 radical (unpaired) electrons. The molecule has 5 nitrogen and oxygen atoms in total. The Morgan fingerprint density at radius 2 is 1.78 bits per heavy atom. The van der Waals surface area contributed by atoms with Crippen LogP contribution >= 0.6 is 0 Å². The van der Waals surface area contributed by atoms with Crippen molar-refractivity contribution in [2.24, 2.45) is 5.73 Å². The lowest BCUT2D eigenvalue weighted by atomic mass is 10.1. The number of primary amides is 1. The van der Waals surface area contributed by atoms with E-state index in [1.807, 2.05) is 66.3 Å². The molecule has 1 aromatic carbocycles. The van der Waals surface area contributed by atoms with Gasteiger partial charge in [0.2, 0.25) is 11.8 Å². The molecule has 0 saturated carbocycles. The number of nitrogens with zero attached hydrogens (tertiary/aromatic N) is 2. The lowest BCUT2D eigenvalue weighted by Crippen LogP contribution is -2.34. The van der Waals surface area contributed by atoms with Gasteiger partial charge in [0.25, 0.3) is 0 Å². The lowest BCUT2D eigenvalue weighted by Gasteiger charge is -2.24. The van der Waals surface area contributed by atoms with Crippen molar-refractivity contribution >= 4 is 11.8 Å². The van der Waals surface area contributed by atoms with Crippen LogP contribution in [0.25, 0.3) is 0 Å². The maximum atomic E-state index is 12.6. The van der Waals surface area contributed by atoms with Crippen molar-refractivity contribution in [2.45, 2.75) is 32.4 Å². The number of nitrogens with two attached hydrogens (primary N) is 1. The Labute approximate surface area is 136 Å². The van der Waals surface area contributed by atoms with Crippen LogP contribution in [-0.2, 0) is 16.1 Å². The first kappa shape index (κ1) is 16.8. The summed E-state index contributed by atoms with van der Waals surface area (Å²) in [6.07, 6.45) is 4.46. The Morgan fingerprint density at radius 3 is 2.39 bits per heavy atom. The van der Waals surface area contributed by atoms with Gasteiger partial charge in [-0.3, -0.25) is 9.59 Å². The second-order valence-electron chi connectivity index (χ2n) is 5.70. The third kappa shape index (κ3) is 5.29. The number of carbonyl (C=O) groups excluding carboxylic acids is 2. The summed E-state index contributed by atoms with van der Waals surface area (Å²) in [5.41, 5.74) is 6.27. The van der Waals surface area contributed by atoms with Crippen LogP contribution in [0.15, 0.2) is 54.9 Å². The molecule has 1 heterocycles. The van der Waals surface area contributed by atoms with Crippen molar-refractivity contribution in [3.05, 3.63) is 60.4 Å². The summed E-state index contributed by atoms with van der Waals surface area (Å²) in [5, 5.41) is 0. The Balaban J connectivity index is 2.02. The first-order valence-electron chi connectivity index (χ1n) is 7.78. The van der Waals surface area contributed by atoms with Crippen LogP contribution in [0.5, 0.6) is 0 Å². The van der Waals surface area contributed by atoms with Crippen molar-refractivity contribution in [1.29, 1.82) is 0 Å². The first-order chi connectivity index (χ1) is 11.1. The molecule has 5 heteroatoms. The first-order valence-corrected chi connectivity index (χ1v) is 7.78. The molecule has 2 amide bonds. The minimum Gasteiger partial charge on any atom is -0.370 e. The summed E-state index contributed by atoms with van der Waals surface area (Å²) in [5.74, 6) is -0.370. The monoisotopic (exact) mass is 313 g/mol. The van der Waals surface area contributed by atoms with Crippen LogP contribution in [-0.4, -0.2) is 27.8 Å². The molecule has 1 atom stereocenters. The average molecular weight is 313 g/mol. The number of hydrogen-bond acceptors (Lipinski definition) is 2. The van der Waals surface area contributed by atoms with Crippen LogP contribution in [0, 0.1) is 0 Å². The highest BCUT2D eigenvalue weighted by atomic mass is 16.2. The molecule has 1 aromatic heterocycles. The Morgan fingerprint density at radius 1 is 1.13 bits per heavy atom. The van der Waals surface area contributed by atoms with Gasteiger partial charge in [-0.1, -0.05) is 30.3 Å². The van der Waals surface area contributed by atoms with E-state index in [1.165, 1.54) is 0 Å². The number of hydrogen-bond donors (Lipinski definition) is 1. The molecule has 0 saturated heterocycles. The molecule has 1 unspecified atom stereocenters. The second kappa shape index (κ2) is 8.17. The van der Waals surface area contributed by atoms with E-state index in [0.29, 0.717) is 19.5 Å². The fraction of sp³-hybridized carbons (Fsp3) is 0.333. The molecule has 122 valence electrons. The molecule has 2 N–H and O–H groups in total. The largest absolute Gasteiger partial charge is 0.370 e. The Hall–Kier alpha value is -2.56. The van der Waals surface area contributed by atoms with E-state index in [9.17, 15) is 9.59 Å². The highest BCUT2D eigenvalue weighted by Crippen LogP contribution is 2.15. The van der Waals surface area contributed by atoms with Crippen LogP contribution in [0.3, 0.4) is 0 Å². The normalized spacial score (nSPS) is 11.9. The average Bonchev–Trinajstić information content (AvgIpc) is 3.06. The molecule has 0 spiro atoms. The van der Waals surface area contributed by atoms with Gasteiger partial charge < -0.3 is 15.2 Å². The van der Waals surface area contributed by atoms with E-state index < -0.39 is 5.91 Å². The molecular formula is C18H23N3O2.